The third kappa shape index (κ3) is 10.5. The normalized spacial score (nSPS) is 19.0. The van der Waals surface area contributed by atoms with Gasteiger partial charge in [0.05, 0.1) is 37.4 Å². The second-order valence-electron chi connectivity index (χ2n) is 12.0. The van der Waals surface area contributed by atoms with E-state index < -0.39 is 47.0 Å². The second kappa shape index (κ2) is 17.1. The fourth-order valence-electron chi connectivity index (χ4n) is 5.63. The zero-order valence-electron chi connectivity index (χ0n) is 27.1. The van der Waals surface area contributed by atoms with Crippen molar-refractivity contribution in [3.63, 3.8) is 0 Å². The molecule has 2 aliphatic rings. The van der Waals surface area contributed by atoms with Gasteiger partial charge < -0.3 is 14.5 Å². The van der Waals surface area contributed by atoms with Crippen LogP contribution in [0.25, 0.3) is 0 Å². The molecule has 0 saturated carbocycles. The van der Waals surface area contributed by atoms with Crippen molar-refractivity contribution >= 4 is 36.6 Å². The molecule has 0 aromatic heterocycles. The van der Waals surface area contributed by atoms with Crippen LogP contribution < -0.4 is 0 Å². The number of ether oxygens (including phenoxy) is 1. The number of carbonyl (C=O) groups is 2. The van der Waals surface area contributed by atoms with E-state index >= 15 is 0 Å². The molecule has 2 fully saturated rings. The third-order valence-electron chi connectivity index (χ3n) is 8.38. The summed E-state index contributed by atoms with van der Waals surface area (Å²) >= 11 is 0. The van der Waals surface area contributed by atoms with E-state index in [1.807, 2.05) is 41.8 Å². The van der Waals surface area contributed by atoms with Crippen LogP contribution in [0.4, 0.5) is 26.3 Å². The summed E-state index contributed by atoms with van der Waals surface area (Å²) in [7, 11) is 3.36. The lowest BCUT2D eigenvalue weighted by atomic mass is 9.97. The van der Waals surface area contributed by atoms with Gasteiger partial charge in [0, 0.05) is 51.9 Å². The standard InChI is InChI=1S/C33H38F6N4O3.2ClH/c1-22-7-8-24(15-23(22)2)16-28-20-41(9-5-6-10-42-13-14-46-21-29(42)31(45)40(3)4)11-12-43(28)30(44)25-17-26(32(34,35)36)19-27(18-25)33(37,38)39;;/h7-8,15,17-19,28-29H,9-14,16,20-21H2,1-4H3;2*1H/t28-,29+;;/m1../s1. The highest BCUT2D eigenvalue weighted by Crippen LogP contribution is 2.37. The molecule has 2 aromatic carbocycles. The summed E-state index contributed by atoms with van der Waals surface area (Å²) in [5.74, 6) is 5.29. The highest BCUT2D eigenvalue weighted by atomic mass is 35.5. The maximum atomic E-state index is 13.7. The monoisotopic (exact) mass is 724 g/mol. The molecule has 15 heteroatoms. The first-order chi connectivity index (χ1) is 21.5. The van der Waals surface area contributed by atoms with Crippen LogP contribution in [0.1, 0.15) is 38.2 Å². The highest BCUT2D eigenvalue weighted by molar-refractivity contribution is 5.95. The van der Waals surface area contributed by atoms with Crippen molar-refractivity contribution in [3.05, 3.63) is 69.8 Å². The Morgan fingerprint density at radius 1 is 0.875 bits per heavy atom. The lowest BCUT2D eigenvalue weighted by Gasteiger charge is -2.41. The van der Waals surface area contributed by atoms with Crippen LogP contribution in [0.15, 0.2) is 36.4 Å². The zero-order valence-corrected chi connectivity index (χ0v) is 28.7. The van der Waals surface area contributed by atoms with E-state index in [2.05, 4.69) is 11.8 Å². The molecule has 0 unspecified atom stereocenters. The Morgan fingerprint density at radius 3 is 2.08 bits per heavy atom. The van der Waals surface area contributed by atoms with Gasteiger partial charge in [-0.3, -0.25) is 19.4 Å². The molecule has 0 aliphatic carbocycles. The van der Waals surface area contributed by atoms with E-state index in [0.29, 0.717) is 57.9 Å². The topological polar surface area (TPSA) is 56.3 Å². The van der Waals surface area contributed by atoms with Gasteiger partial charge in [-0.15, -0.1) is 24.8 Å². The lowest BCUT2D eigenvalue weighted by Crippen LogP contribution is -2.56. The number of hydrogen-bond donors (Lipinski definition) is 0. The van der Waals surface area contributed by atoms with Gasteiger partial charge in [-0.05, 0) is 55.2 Å². The number of rotatable bonds is 6. The molecule has 0 radical (unpaired) electrons. The summed E-state index contributed by atoms with van der Waals surface area (Å²) in [5.41, 5.74) is -0.734. The van der Waals surface area contributed by atoms with Crippen LogP contribution in [0, 0.1) is 25.7 Å². The first-order valence-corrected chi connectivity index (χ1v) is 14.9. The van der Waals surface area contributed by atoms with Crippen LogP contribution in [-0.4, -0.2) is 110 Å². The van der Waals surface area contributed by atoms with Gasteiger partial charge in [0.25, 0.3) is 5.91 Å². The third-order valence-corrected chi connectivity index (χ3v) is 8.38. The number of hydrogen-bond acceptors (Lipinski definition) is 5. The van der Waals surface area contributed by atoms with E-state index in [1.54, 1.807) is 14.1 Å². The molecule has 2 amide bonds. The van der Waals surface area contributed by atoms with Crippen molar-refractivity contribution < 1.29 is 40.7 Å². The maximum absolute atomic E-state index is 13.7. The number of carbonyl (C=O) groups excluding carboxylic acids is 2. The summed E-state index contributed by atoms with van der Waals surface area (Å²) in [4.78, 5) is 33.1. The molecule has 2 saturated heterocycles. The summed E-state index contributed by atoms with van der Waals surface area (Å²) < 4.78 is 86.8. The summed E-state index contributed by atoms with van der Waals surface area (Å²) in [6.07, 6.45) is -9.77. The van der Waals surface area contributed by atoms with Crippen LogP contribution in [0.2, 0.25) is 0 Å². The fraction of sp³-hybridized carbons (Fsp3) is 0.515. The van der Waals surface area contributed by atoms with Crippen molar-refractivity contribution in [2.75, 3.05) is 66.6 Å². The quantitative estimate of drug-likeness (QED) is 0.298. The Kier molecular flexibility index (Phi) is 14.6. The van der Waals surface area contributed by atoms with Gasteiger partial charge in [-0.1, -0.05) is 30.0 Å². The predicted molar refractivity (Wildman–Crippen MR) is 174 cm³/mol. The predicted octanol–water partition coefficient (Wildman–Crippen LogP) is 5.35. The molecule has 2 heterocycles. The molecule has 48 heavy (non-hydrogen) atoms. The number of aryl methyl sites for hydroxylation is 2. The van der Waals surface area contributed by atoms with E-state index in [9.17, 15) is 35.9 Å². The van der Waals surface area contributed by atoms with Crippen molar-refractivity contribution in [2.45, 2.75) is 44.7 Å². The minimum absolute atomic E-state index is 0. The average Bonchev–Trinajstić information content (AvgIpc) is 2.99. The molecule has 0 N–H and O–H groups in total. The van der Waals surface area contributed by atoms with Crippen molar-refractivity contribution in [1.29, 1.82) is 0 Å². The Morgan fingerprint density at radius 2 is 1.50 bits per heavy atom. The number of nitrogens with zero attached hydrogens (tertiary/aromatic N) is 4. The van der Waals surface area contributed by atoms with Crippen LogP contribution in [0.3, 0.4) is 0 Å². The number of morpholine rings is 1. The van der Waals surface area contributed by atoms with Crippen LogP contribution in [0.5, 0.6) is 0 Å². The molecule has 0 bridgehead atoms. The Hall–Kier alpha value is -3.02. The zero-order chi connectivity index (χ0) is 33.8. The number of alkyl halides is 6. The number of likely N-dealkylation sites (N-methyl/N-ethyl adjacent to an activating group) is 1. The van der Waals surface area contributed by atoms with Crippen molar-refractivity contribution in [1.82, 2.24) is 19.6 Å². The SMILES string of the molecule is Cc1ccc(C[C@@H]2CN(CC#CCN3CCOC[C@H]3C(=O)N(C)C)CCN2C(=O)c2cc(C(F)(F)F)cc(C(F)(F)F)c2)cc1C.Cl.Cl. The molecule has 2 aliphatic heterocycles. The summed E-state index contributed by atoms with van der Waals surface area (Å²) in [6, 6.07) is 5.85. The van der Waals surface area contributed by atoms with Crippen molar-refractivity contribution in [3.8, 4) is 11.8 Å². The van der Waals surface area contributed by atoms with E-state index in [0.717, 1.165) is 16.7 Å². The Bertz CT molecular complexity index is 1460. The minimum Gasteiger partial charge on any atom is -0.378 e. The first kappa shape index (κ1) is 41.2. The van der Waals surface area contributed by atoms with Gasteiger partial charge in [0.2, 0.25) is 5.91 Å². The molecule has 4 rings (SSSR count). The van der Waals surface area contributed by atoms with E-state index in [-0.39, 0.29) is 49.9 Å². The molecule has 0 spiro atoms. The molecule has 266 valence electrons. The average molecular weight is 726 g/mol. The van der Waals surface area contributed by atoms with Gasteiger partial charge in [0.1, 0.15) is 6.04 Å². The Balaban J connectivity index is 0.00000400. The van der Waals surface area contributed by atoms with Crippen molar-refractivity contribution in [2.24, 2.45) is 0 Å². The van der Waals surface area contributed by atoms with Crippen LogP contribution >= 0.6 is 24.8 Å². The number of amides is 2. The maximum Gasteiger partial charge on any atom is 0.416 e. The van der Waals surface area contributed by atoms with E-state index in [4.69, 9.17) is 4.74 Å². The second-order valence-corrected chi connectivity index (χ2v) is 12.0. The number of halogens is 8. The fourth-order valence-corrected chi connectivity index (χ4v) is 5.63. The van der Waals surface area contributed by atoms with E-state index in [1.165, 1.54) is 9.80 Å². The number of piperazine rings is 1. The largest absolute Gasteiger partial charge is 0.416 e. The van der Waals surface area contributed by atoms with Crippen LogP contribution in [-0.2, 0) is 28.3 Å². The Labute approximate surface area is 289 Å². The molecule has 2 aromatic rings. The molecule has 2 atom stereocenters. The van der Waals surface area contributed by atoms with Gasteiger partial charge in [-0.25, -0.2) is 0 Å². The highest BCUT2D eigenvalue weighted by Gasteiger charge is 2.39. The summed E-state index contributed by atoms with van der Waals surface area (Å²) in [6.45, 7) is 6.66. The first-order valence-electron chi connectivity index (χ1n) is 14.9. The summed E-state index contributed by atoms with van der Waals surface area (Å²) in [5, 5.41) is 0. The van der Waals surface area contributed by atoms with Gasteiger partial charge in [0.15, 0.2) is 0 Å². The number of benzene rings is 2. The molecule has 7 nitrogen and oxygen atoms in total. The molecular formula is C33H40Cl2F6N4O3. The molecular weight excluding hydrogens is 685 g/mol. The van der Waals surface area contributed by atoms with Gasteiger partial charge >= 0.3 is 12.4 Å². The lowest BCUT2D eigenvalue weighted by molar-refractivity contribution is -0.143. The minimum atomic E-state index is -5.06. The smallest absolute Gasteiger partial charge is 0.378 e. The van der Waals surface area contributed by atoms with Gasteiger partial charge in [-0.2, -0.15) is 26.3 Å².